The fourth-order valence-electron chi connectivity index (χ4n) is 0.263. The zero-order valence-electron chi connectivity index (χ0n) is 5.05. The van der Waals surface area contributed by atoms with E-state index in [9.17, 15) is 4.57 Å². The van der Waals surface area contributed by atoms with Gasteiger partial charge < -0.3 is 9.63 Å². The van der Waals surface area contributed by atoms with E-state index in [1.54, 1.807) is 6.92 Å². The highest BCUT2D eigenvalue weighted by Gasteiger charge is 2.03. The number of aliphatic hydroxyl groups excluding tert-OH is 1. The van der Waals surface area contributed by atoms with Gasteiger partial charge in [-0.1, -0.05) is 0 Å². The summed E-state index contributed by atoms with van der Waals surface area (Å²) in [6.07, 6.45) is 0. The maximum absolute atomic E-state index is 10.5. The third-order valence-electron chi connectivity index (χ3n) is 0.628. The second-order valence-electron chi connectivity index (χ2n) is 1.43. The minimum Gasteiger partial charge on any atom is -0.384 e. The van der Waals surface area contributed by atoms with Crippen LogP contribution >= 0.6 is 8.03 Å². The third kappa shape index (κ3) is 3.19. The number of aliphatic hydroxyl groups is 1. The van der Waals surface area contributed by atoms with Gasteiger partial charge in [-0.3, -0.25) is 4.57 Å². The van der Waals surface area contributed by atoms with Crippen molar-refractivity contribution in [1.82, 2.24) is 0 Å². The Bertz CT molecular complexity index is 81.4. The van der Waals surface area contributed by atoms with Crippen LogP contribution < -0.4 is 0 Å². The average molecular weight is 138 g/mol. The van der Waals surface area contributed by atoms with Crippen molar-refractivity contribution in [2.24, 2.45) is 0 Å². The number of rotatable bonds is 3. The van der Waals surface area contributed by atoms with Gasteiger partial charge in [-0.2, -0.15) is 0 Å². The van der Waals surface area contributed by atoms with Crippen molar-refractivity contribution in [2.45, 2.75) is 19.7 Å². The molecule has 0 aliphatic heterocycles. The number of hydrogen-bond donors (Lipinski definition) is 1. The minimum absolute atomic E-state index is 0.405. The summed E-state index contributed by atoms with van der Waals surface area (Å²) < 4.78 is 15.1. The predicted octanol–water partition coefficient (Wildman–Crippen LogP) is 0.836. The fraction of sp³-hybridized carbons (Fsp3) is 1.00. The van der Waals surface area contributed by atoms with E-state index < -0.39 is 13.9 Å². The molecule has 0 radical (unpaired) electrons. The van der Waals surface area contributed by atoms with Gasteiger partial charge in [0, 0.05) is 0 Å². The topological polar surface area (TPSA) is 46.5 Å². The molecule has 0 aromatic heterocycles. The minimum atomic E-state index is -2.15. The Morgan fingerprint density at radius 2 is 2.38 bits per heavy atom. The van der Waals surface area contributed by atoms with E-state index in [4.69, 9.17) is 5.11 Å². The van der Waals surface area contributed by atoms with E-state index in [-0.39, 0.29) is 0 Å². The van der Waals surface area contributed by atoms with Gasteiger partial charge in [0.1, 0.15) is 5.85 Å². The van der Waals surface area contributed by atoms with E-state index in [2.05, 4.69) is 4.52 Å². The molecule has 0 saturated heterocycles. The SMILES string of the molecule is CCO[PH](=O)C(C)O. The van der Waals surface area contributed by atoms with Gasteiger partial charge in [0.25, 0.3) is 0 Å². The quantitative estimate of drug-likeness (QED) is 0.587. The summed E-state index contributed by atoms with van der Waals surface area (Å²) >= 11 is 0. The summed E-state index contributed by atoms with van der Waals surface area (Å²) in [5.74, 6) is -0.806. The first-order chi connectivity index (χ1) is 3.68. The molecule has 0 spiro atoms. The molecule has 2 unspecified atom stereocenters. The molecular weight excluding hydrogens is 127 g/mol. The molecule has 1 N–H and O–H groups in total. The second-order valence-corrected chi connectivity index (χ2v) is 3.19. The van der Waals surface area contributed by atoms with Crippen molar-refractivity contribution >= 4 is 8.03 Å². The van der Waals surface area contributed by atoms with Gasteiger partial charge >= 0.3 is 0 Å². The molecule has 0 aliphatic rings. The predicted molar refractivity (Wildman–Crippen MR) is 32.3 cm³/mol. The van der Waals surface area contributed by atoms with Crippen LogP contribution in [0.4, 0.5) is 0 Å². The van der Waals surface area contributed by atoms with Crippen molar-refractivity contribution in [2.75, 3.05) is 6.61 Å². The smallest absolute Gasteiger partial charge is 0.218 e. The highest BCUT2D eigenvalue weighted by atomic mass is 31.1. The van der Waals surface area contributed by atoms with E-state index in [0.717, 1.165) is 0 Å². The molecule has 50 valence electrons. The highest BCUT2D eigenvalue weighted by molar-refractivity contribution is 7.39. The van der Waals surface area contributed by atoms with Crippen molar-refractivity contribution in [1.29, 1.82) is 0 Å². The Kier molecular flexibility index (Phi) is 4.15. The monoisotopic (exact) mass is 138 g/mol. The summed E-state index contributed by atoms with van der Waals surface area (Å²) in [7, 11) is -2.15. The lowest BCUT2D eigenvalue weighted by atomic mass is 10.9. The highest BCUT2D eigenvalue weighted by Crippen LogP contribution is 2.25. The largest absolute Gasteiger partial charge is 0.384 e. The molecule has 0 saturated carbocycles. The zero-order valence-corrected chi connectivity index (χ0v) is 6.05. The Morgan fingerprint density at radius 1 is 1.88 bits per heavy atom. The molecule has 0 fully saturated rings. The molecule has 4 heteroatoms. The third-order valence-corrected chi connectivity index (χ3v) is 1.88. The Labute approximate surface area is 49.5 Å². The van der Waals surface area contributed by atoms with Crippen LogP contribution in [0.5, 0.6) is 0 Å². The molecular formula is C4H11O3P. The molecule has 0 aromatic rings. The van der Waals surface area contributed by atoms with E-state index >= 15 is 0 Å². The molecule has 8 heavy (non-hydrogen) atoms. The standard InChI is InChI=1S/C4H11O3P/c1-3-7-8(6)4(2)5/h4-5,8H,3H2,1-2H3. The zero-order chi connectivity index (χ0) is 6.57. The first kappa shape index (κ1) is 8.15. The summed E-state index contributed by atoms with van der Waals surface area (Å²) in [6, 6.07) is 0. The van der Waals surface area contributed by atoms with Crippen molar-refractivity contribution in [3.63, 3.8) is 0 Å². The van der Waals surface area contributed by atoms with Crippen molar-refractivity contribution in [3.8, 4) is 0 Å². The summed E-state index contributed by atoms with van der Waals surface area (Å²) in [5, 5.41) is 8.56. The maximum atomic E-state index is 10.5. The summed E-state index contributed by atoms with van der Waals surface area (Å²) in [5.41, 5.74) is 0. The Morgan fingerprint density at radius 3 is 2.50 bits per heavy atom. The fourth-order valence-corrected chi connectivity index (χ4v) is 0.789. The van der Waals surface area contributed by atoms with Crippen LogP contribution in [-0.2, 0) is 9.09 Å². The van der Waals surface area contributed by atoms with E-state index in [0.29, 0.717) is 6.61 Å². The van der Waals surface area contributed by atoms with E-state index in [1.807, 2.05) is 0 Å². The molecule has 3 nitrogen and oxygen atoms in total. The van der Waals surface area contributed by atoms with Crippen LogP contribution in [0.15, 0.2) is 0 Å². The van der Waals surface area contributed by atoms with Gasteiger partial charge in [-0.25, -0.2) is 0 Å². The molecule has 0 heterocycles. The first-order valence-electron chi connectivity index (χ1n) is 2.53. The first-order valence-corrected chi connectivity index (χ1v) is 3.92. The molecule has 2 atom stereocenters. The number of hydrogen-bond acceptors (Lipinski definition) is 3. The van der Waals surface area contributed by atoms with Crippen LogP contribution in [-0.4, -0.2) is 17.6 Å². The van der Waals surface area contributed by atoms with Gasteiger partial charge in [0.2, 0.25) is 8.03 Å². The molecule has 0 aliphatic carbocycles. The Balaban J connectivity index is 3.33. The lowest BCUT2D eigenvalue weighted by Gasteiger charge is -2.01. The maximum Gasteiger partial charge on any atom is 0.218 e. The lowest BCUT2D eigenvalue weighted by Crippen LogP contribution is -1.93. The van der Waals surface area contributed by atoms with E-state index in [1.165, 1.54) is 6.92 Å². The van der Waals surface area contributed by atoms with Crippen LogP contribution in [0.3, 0.4) is 0 Å². The van der Waals surface area contributed by atoms with Crippen LogP contribution in [0.2, 0.25) is 0 Å². The van der Waals surface area contributed by atoms with Crippen molar-refractivity contribution < 1.29 is 14.2 Å². The average Bonchev–Trinajstić information content (AvgIpc) is 1.67. The van der Waals surface area contributed by atoms with Gasteiger partial charge in [0.15, 0.2) is 0 Å². The van der Waals surface area contributed by atoms with Crippen LogP contribution in [0, 0.1) is 0 Å². The second kappa shape index (κ2) is 4.07. The molecule has 0 aromatic carbocycles. The molecule has 0 amide bonds. The summed E-state index contributed by atoms with van der Waals surface area (Å²) in [4.78, 5) is 0. The van der Waals surface area contributed by atoms with Crippen LogP contribution in [0.1, 0.15) is 13.8 Å². The van der Waals surface area contributed by atoms with Gasteiger partial charge in [-0.05, 0) is 13.8 Å². The molecule has 0 rings (SSSR count). The lowest BCUT2D eigenvalue weighted by molar-refractivity contribution is 0.237. The van der Waals surface area contributed by atoms with Gasteiger partial charge in [0.05, 0.1) is 6.61 Å². The molecule has 0 bridgehead atoms. The summed E-state index contributed by atoms with van der Waals surface area (Å²) in [6.45, 7) is 3.60. The normalized spacial score (nSPS) is 17.9. The van der Waals surface area contributed by atoms with Crippen LogP contribution in [0.25, 0.3) is 0 Å². The van der Waals surface area contributed by atoms with Gasteiger partial charge in [-0.15, -0.1) is 0 Å². The Hall–Kier alpha value is 0.150. The van der Waals surface area contributed by atoms with Crippen molar-refractivity contribution in [3.05, 3.63) is 0 Å².